The van der Waals surface area contributed by atoms with Crippen LogP contribution in [0.5, 0.6) is 0 Å². The molecule has 3 rings (SSSR count). The van der Waals surface area contributed by atoms with Gasteiger partial charge in [0.25, 0.3) is 5.69 Å². The summed E-state index contributed by atoms with van der Waals surface area (Å²) < 4.78 is 1.98. The molecule has 0 unspecified atom stereocenters. The van der Waals surface area contributed by atoms with Gasteiger partial charge in [-0.1, -0.05) is 30.3 Å². The van der Waals surface area contributed by atoms with E-state index in [-0.39, 0.29) is 30.1 Å². The largest absolute Gasteiger partial charge is 0.353 e. The third kappa shape index (κ3) is 7.14. The first-order valence-electron chi connectivity index (χ1n) is 11.4. The number of carbonyl (C=O) groups is 2. The second kappa shape index (κ2) is 11.8. The highest BCUT2D eigenvalue weighted by Crippen LogP contribution is 2.15. The third-order valence-electron chi connectivity index (χ3n) is 5.71. The van der Waals surface area contributed by atoms with Gasteiger partial charge in [-0.3, -0.25) is 19.7 Å². The van der Waals surface area contributed by atoms with E-state index >= 15 is 0 Å². The quantitative estimate of drug-likeness (QED) is 0.247. The fraction of sp³-hybridized carbons (Fsp3) is 0.259. The topological polar surface area (TPSA) is 88.7 Å². The van der Waals surface area contributed by atoms with Gasteiger partial charge in [-0.05, 0) is 55.3 Å². The van der Waals surface area contributed by atoms with Crippen LogP contribution in [0, 0.1) is 10.1 Å². The van der Waals surface area contributed by atoms with E-state index in [1.54, 1.807) is 23.1 Å². The molecule has 2 aromatic carbocycles. The molecule has 2 amide bonds. The van der Waals surface area contributed by atoms with E-state index in [9.17, 15) is 19.7 Å². The maximum atomic E-state index is 13.4. The molecule has 3 aromatic rings. The van der Waals surface area contributed by atoms with Crippen LogP contribution < -0.4 is 0 Å². The lowest BCUT2D eigenvalue weighted by Crippen LogP contribution is -2.45. The number of nitrogens with zero attached hydrogens (tertiary/aromatic N) is 4. The summed E-state index contributed by atoms with van der Waals surface area (Å²) in [4.78, 5) is 40.0. The number of non-ortho nitro benzene ring substituents is 1. The Morgan fingerprint density at radius 2 is 1.69 bits per heavy atom. The van der Waals surface area contributed by atoms with Crippen LogP contribution in [0.3, 0.4) is 0 Å². The van der Waals surface area contributed by atoms with Gasteiger partial charge in [0, 0.05) is 49.7 Å². The number of amides is 2. The van der Waals surface area contributed by atoms with Crippen molar-refractivity contribution in [1.29, 1.82) is 0 Å². The summed E-state index contributed by atoms with van der Waals surface area (Å²) >= 11 is 0. The number of nitro benzene ring substituents is 1. The van der Waals surface area contributed by atoms with Gasteiger partial charge in [0.1, 0.15) is 6.54 Å². The van der Waals surface area contributed by atoms with E-state index in [4.69, 9.17) is 0 Å². The van der Waals surface area contributed by atoms with Gasteiger partial charge in [-0.15, -0.1) is 0 Å². The highest BCUT2D eigenvalue weighted by Gasteiger charge is 2.23. The van der Waals surface area contributed by atoms with Gasteiger partial charge in [0.05, 0.1) is 11.5 Å². The van der Waals surface area contributed by atoms with Crippen molar-refractivity contribution in [2.24, 2.45) is 7.05 Å². The molecule has 0 aliphatic heterocycles. The van der Waals surface area contributed by atoms with E-state index in [1.165, 1.54) is 23.1 Å². The van der Waals surface area contributed by atoms with Gasteiger partial charge >= 0.3 is 0 Å². The fourth-order valence-corrected chi connectivity index (χ4v) is 3.62. The molecule has 182 valence electrons. The summed E-state index contributed by atoms with van der Waals surface area (Å²) in [5.41, 5.74) is 2.65. The van der Waals surface area contributed by atoms with Crippen molar-refractivity contribution in [1.82, 2.24) is 14.4 Å². The van der Waals surface area contributed by atoms with E-state index in [1.807, 2.05) is 74.1 Å². The van der Waals surface area contributed by atoms with Gasteiger partial charge < -0.3 is 14.4 Å². The van der Waals surface area contributed by atoms with Crippen molar-refractivity contribution < 1.29 is 14.5 Å². The van der Waals surface area contributed by atoms with Crippen LogP contribution >= 0.6 is 0 Å². The molecule has 1 aromatic heterocycles. The molecule has 0 N–H and O–H groups in total. The number of rotatable bonds is 10. The molecule has 0 saturated heterocycles. The fourth-order valence-electron chi connectivity index (χ4n) is 3.62. The summed E-state index contributed by atoms with van der Waals surface area (Å²) in [6, 6.07) is 19.4. The molecule has 0 saturated carbocycles. The summed E-state index contributed by atoms with van der Waals surface area (Å²) in [6.45, 7) is 4.53. The Bertz CT molecular complexity index is 1180. The SMILES string of the molecule is CC(C)N(CC(=O)N(Cc1ccccc1)Cc1cccn1C)C(=O)C=Cc1ccc([N+](=O)[O-])cc1. The van der Waals surface area contributed by atoms with Crippen molar-refractivity contribution in [3.05, 3.63) is 106 Å². The van der Waals surface area contributed by atoms with Crippen molar-refractivity contribution in [2.75, 3.05) is 6.54 Å². The minimum absolute atomic E-state index is 0.0143. The Labute approximate surface area is 205 Å². The molecule has 0 aliphatic carbocycles. The summed E-state index contributed by atoms with van der Waals surface area (Å²) in [7, 11) is 1.94. The van der Waals surface area contributed by atoms with Gasteiger partial charge in [-0.2, -0.15) is 0 Å². The van der Waals surface area contributed by atoms with Crippen LogP contribution in [0.1, 0.15) is 30.7 Å². The number of hydrogen-bond donors (Lipinski definition) is 0. The molecule has 0 atom stereocenters. The Morgan fingerprint density at radius 3 is 2.26 bits per heavy atom. The zero-order valence-corrected chi connectivity index (χ0v) is 20.2. The molecule has 8 nitrogen and oxygen atoms in total. The summed E-state index contributed by atoms with van der Waals surface area (Å²) in [5, 5.41) is 10.8. The van der Waals surface area contributed by atoms with Gasteiger partial charge in [0.15, 0.2) is 0 Å². The number of hydrogen-bond acceptors (Lipinski definition) is 4. The predicted molar refractivity (Wildman–Crippen MR) is 135 cm³/mol. The molecular weight excluding hydrogens is 444 g/mol. The molecule has 35 heavy (non-hydrogen) atoms. The number of aromatic nitrogens is 1. The van der Waals surface area contributed by atoms with Crippen LogP contribution in [-0.4, -0.2) is 43.7 Å². The first-order valence-corrected chi connectivity index (χ1v) is 11.4. The smallest absolute Gasteiger partial charge is 0.269 e. The van der Waals surface area contributed by atoms with Crippen molar-refractivity contribution >= 4 is 23.6 Å². The minimum atomic E-state index is -0.471. The maximum Gasteiger partial charge on any atom is 0.269 e. The molecule has 0 radical (unpaired) electrons. The third-order valence-corrected chi connectivity index (χ3v) is 5.71. The number of aryl methyl sites for hydroxylation is 1. The average Bonchev–Trinajstić information content (AvgIpc) is 3.25. The summed E-state index contributed by atoms with van der Waals surface area (Å²) in [5.74, 6) is -0.453. The van der Waals surface area contributed by atoms with Crippen LogP contribution in [-0.2, 0) is 29.7 Å². The Kier molecular flexibility index (Phi) is 8.56. The molecule has 0 aliphatic rings. The lowest BCUT2D eigenvalue weighted by Gasteiger charge is -2.29. The van der Waals surface area contributed by atoms with Crippen molar-refractivity contribution in [3.8, 4) is 0 Å². The molecule has 0 spiro atoms. The zero-order valence-electron chi connectivity index (χ0n) is 20.2. The second-order valence-electron chi connectivity index (χ2n) is 8.59. The van der Waals surface area contributed by atoms with Crippen molar-refractivity contribution in [3.63, 3.8) is 0 Å². The standard InChI is InChI=1S/C27H30N4O4/c1-21(2)30(26(32)16-13-22-11-14-24(15-12-22)31(34)35)20-27(33)29(18-23-8-5-4-6-9-23)19-25-10-7-17-28(25)3/h4-17,21H,18-20H2,1-3H3. The Balaban J connectivity index is 1.74. The Hall–Kier alpha value is -4.20. The highest BCUT2D eigenvalue weighted by atomic mass is 16.6. The lowest BCUT2D eigenvalue weighted by molar-refractivity contribution is -0.384. The normalized spacial score (nSPS) is 11.1. The van der Waals surface area contributed by atoms with E-state index in [0.717, 1.165) is 11.3 Å². The van der Waals surface area contributed by atoms with Gasteiger partial charge in [0.2, 0.25) is 11.8 Å². The van der Waals surface area contributed by atoms with E-state index in [2.05, 4.69) is 0 Å². The molecule has 1 heterocycles. The zero-order chi connectivity index (χ0) is 25.4. The molecular formula is C27H30N4O4. The van der Waals surface area contributed by atoms with Crippen LogP contribution in [0.4, 0.5) is 5.69 Å². The molecule has 8 heteroatoms. The number of benzene rings is 2. The predicted octanol–water partition coefficient (Wildman–Crippen LogP) is 4.41. The molecule has 0 bridgehead atoms. The summed E-state index contributed by atoms with van der Waals surface area (Å²) in [6.07, 6.45) is 4.93. The lowest BCUT2D eigenvalue weighted by atomic mass is 10.2. The second-order valence-corrected chi connectivity index (χ2v) is 8.59. The number of carbonyl (C=O) groups excluding carboxylic acids is 2. The number of nitro groups is 1. The average molecular weight is 475 g/mol. The van der Waals surface area contributed by atoms with Crippen LogP contribution in [0.2, 0.25) is 0 Å². The van der Waals surface area contributed by atoms with Crippen LogP contribution in [0.15, 0.2) is 79.0 Å². The first-order chi connectivity index (χ1) is 16.7. The maximum absolute atomic E-state index is 13.4. The minimum Gasteiger partial charge on any atom is -0.353 e. The van der Waals surface area contributed by atoms with Gasteiger partial charge in [-0.25, -0.2) is 0 Å². The van der Waals surface area contributed by atoms with Crippen LogP contribution in [0.25, 0.3) is 6.08 Å². The first kappa shape index (κ1) is 25.4. The van der Waals surface area contributed by atoms with E-state index < -0.39 is 4.92 Å². The molecule has 0 fully saturated rings. The Morgan fingerprint density at radius 1 is 1.00 bits per heavy atom. The van der Waals surface area contributed by atoms with E-state index in [0.29, 0.717) is 18.7 Å². The highest BCUT2D eigenvalue weighted by molar-refractivity contribution is 5.94. The monoisotopic (exact) mass is 474 g/mol. The van der Waals surface area contributed by atoms with Crippen molar-refractivity contribution in [2.45, 2.75) is 33.0 Å².